The normalized spacial score (nSPS) is 14.0. The zero-order valence-electron chi connectivity index (χ0n) is 11.2. The van der Waals surface area contributed by atoms with E-state index in [1.54, 1.807) is 16.7 Å². The molecule has 2 unspecified atom stereocenters. The van der Waals surface area contributed by atoms with Gasteiger partial charge in [0.15, 0.2) is 0 Å². The fraction of sp³-hybridized carbons (Fsp3) is 0.500. The van der Waals surface area contributed by atoms with E-state index in [-0.39, 0.29) is 17.2 Å². The zero-order chi connectivity index (χ0) is 13.5. The minimum atomic E-state index is -0.262. The summed E-state index contributed by atoms with van der Waals surface area (Å²) in [6, 6.07) is 10.3. The van der Waals surface area contributed by atoms with Crippen LogP contribution < -0.4 is 0 Å². The summed E-state index contributed by atoms with van der Waals surface area (Å²) in [5, 5.41) is -0.262. The molecule has 18 heavy (non-hydrogen) atoms. The van der Waals surface area contributed by atoms with Gasteiger partial charge in [-0.2, -0.15) is 24.4 Å². The van der Waals surface area contributed by atoms with Crippen LogP contribution in [0.2, 0.25) is 0 Å². The summed E-state index contributed by atoms with van der Waals surface area (Å²) in [4.78, 5) is 14.0. The highest BCUT2D eigenvalue weighted by atomic mass is 32.2. The lowest BCUT2D eigenvalue weighted by Crippen LogP contribution is -2.41. The Morgan fingerprint density at radius 2 is 2.00 bits per heavy atom. The molecule has 0 aromatic heterocycles. The summed E-state index contributed by atoms with van der Waals surface area (Å²) < 4.78 is 0. The Morgan fingerprint density at radius 3 is 2.56 bits per heavy atom. The predicted octanol–water partition coefficient (Wildman–Crippen LogP) is 2.74. The Hall–Kier alpha value is -0.610. The van der Waals surface area contributed by atoms with Crippen molar-refractivity contribution < 1.29 is 4.79 Å². The van der Waals surface area contributed by atoms with Crippen LogP contribution in [-0.2, 0) is 11.2 Å². The first-order valence-corrected chi connectivity index (χ1v) is 7.95. The Bertz CT molecular complexity index is 369. The SMILES string of the molecule is CSCC(C)N(C)C(=O)C(S)Cc1ccccc1. The lowest BCUT2D eigenvalue weighted by molar-refractivity contribution is -0.130. The molecule has 0 aliphatic rings. The summed E-state index contributed by atoms with van der Waals surface area (Å²) in [5.41, 5.74) is 1.15. The molecule has 0 spiro atoms. The molecule has 0 aliphatic carbocycles. The van der Waals surface area contributed by atoms with Gasteiger partial charge >= 0.3 is 0 Å². The molecule has 1 amide bonds. The monoisotopic (exact) mass is 283 g/mol. The Morgan fingerprint density at radius 1 is 1.39 bits per heavy atom. The summed E-state index contributed by atoms with van der Waals surface area (Å²) in [6.07, 6.45) is 2.73. The maximum Gasteiger partial charge on any atom is 0.235 e. The fourth-order valence-electron chi connectivity index (χ4n) is 1.73. The third-order valence-corrected chi connectivity index (χ3v) is 4.19. The van der Waals surface area contributed by atoms with E-state index < -0.39 is 0 Å². The highest BCUT2D eigenvalue weighted by Gasteiger charge is 2.22. The smallest absolute Gasteiger partial charge is 0.235 e. The molecule has 1 aromatic carbocycles. The second-order valence-corrected chi connectivity index (χ2v) is 5.99. The Kier molecular flexibility index (Phi) is 6.65. The molecule has 100 valence electrons. The van der Waals surface area contributed by atoms with Crippen LogP contribution in [0.25, 0.3) is 0 Å². The molecule has 0 bridgehead atoms. The van der Waals surface area contributed by atoms with Crippen LogP contribution in [0.3, 0.4) is 0 Å². The minimum Gasteiger partial charge on any atom is -0.341 e. The molecule has 0 aliphatic heterocycles. The molecule has 0 fully saturated rings. The van der Waals surface area contributed by atoms with Crippen molar-refractivity contribution in [2.75, 3.05) is 19.1 Å². The van der Waals surface area contributed by atoms with E-state index in [4.69, 9.17) is 0 Å². The van der Waals surface area contributed by atoms with Crippen LogP contribution in [0, 0.1) is 0 Å². The van der Waals surface area contributed by atoms with Gasteiger partial charge in [0.05, 0.1) is 5.25 Å². The number of hydrogen-bond donors (Lipinski definition) is 1. The zero-order valence-corrected chi connectivity index (χ0v) is 12.9. The number of hydrogen-bond acceptors (Lipinski definition) is 3. The van der Waals surface area contributed by atoms with Gasteiger partial charge in [-0.25, -0.2) is 0 Å². The third-order valence-electron chi connectivity index (χ3n) is 2.97. The van der Waals surface area contributed by atoms with Crippen LogP contribution in [0.15, 0.2) is 30.3 Å². The molecule has 0 saturated carbocycles. The quantitative estimate of drug-likeness (QED) is 0.810. The first-order chi connectivity index (χ1) is 8.56. The largest absolute Gasteiger partial charge is 0.341 e. The molecule has 2 atom stereocenters. The first kappa shape index (κ1) is 15.4. The summed E-state index contributed by atoms with van der Waals surface area (Å²) in [6.45, 7) is 2.07. The fourth-order valence-corrected chi connectivity index (χ4v) is 2.83. The molecule has 0 heterocycles. The second-order valence-electron chi connectivity index (χ2n) is 4.46. The molecule has 4 heteroatoms. The van der Waals surface area contributed by atoms with E-state index in [0.717, 1.165) is 11.3 Å². The van der Waals surface area contributed by atoms with E-state index in [9.17, 15) is 4.79 Å². The first-order valence-electron chi connectivity index (χ1n) is 6.04. The summed E-state index contributed by atoms with van der Waals surface area (Å²) >= 11 is 6.19. The molecule has 1 aromatic rings. The number of thiol groups is 1. The van der Waals surface area contributed by atoms with Crippen LogP contribution in [0.1, 0.15) is 12.5 Å². The maximum atomic E-state index is 12.2. The van der Waals surface area contributed by atoms with Gasteiger partial charge in [-0.15, -0.1) is 0 Å². The number of nitrogens with zero attached hydrogens (tertiary/aromatic N) is 1. The van der Waals surface area contributed by atoms with Crippen LogP contribution in [-0.4, -0.2) is 41.2 Å². The van der Waals surface area contributed by atoms with E-state index in [1.807, 2.05) is 37.4 Å². The highest BCUT2D eigenvalue weighted by molar-refractivity contribution is 7.98. The Labute approximate surface area is 120 Å². The van der Waals surface area contributed by atoms with Crippen molar-refractivity contribution in [2.24, 2.45) is 0 Å². The molecule has 1 rings (SSSR count). The standard InChI is InChI=1S/C14H21NOS2/c1-11(10-18-3)15(2)14(16)13(17)9-12-7-5-4-6-8-12/h4-8,11,13,17H,9-10H2,1-3H3. The molecule has 0 N–H and O–H groups in total. The van der Waals surface area contributed by atoms with Crippen molar-refractivity contribution >= 4 is 30.3 Å². The second kappa shape index (κ2) is 7.74. The maximum absolute atomic E-state index is 12.2. The average Bonchev–Trinajstić information content (AvgIpc) is 2.38. The van der Waals surface area contributed by atoms with Gasteiger partial charge in [-0.3, -0.25) is 4.79 Å². The van der Waals surface area contributed by atoms with E-state index in [1.165, 1.54) is 0 Å². The average molecular weight is 283 g/mol. The number of rotatable bonds is 6. The lowest BCUT2D eigenvalue weighted by atomic mass is 10.1. The van der Waals surface area contributed by atoms with Crippen molar-refractivity contribution in [3.05, 3.63) is 35.9 Å². The number of benzene rings is 1. The van der Waals surface area contributed by atoms with E-state index in [0.29, 0.717) is 6.42 Å². The van der Waals surface area contributed by atoms with Gasteiger partial charge in [0, 0.05) is 18.8 Å². The van der Waals surface area contributed by atoms with Gasteiger partial charge in [0.25, 0.3) is 0 Å². The van der Waals surface area contributed by atoms with Gasteiger partial charge in [0.2, 0.25) is 5.91 Å². The molecular formula is C14H21NOS2. The minimum absolute atomic E-state index is 0.101. The van der Waals surface area contributed by atoms with Crippen LogP contribution in [0.4, 0.5) is 0 Å². The van der Waals surface area contributed by atoms with Gasteiger partial charge in [-0.1, -0.05) is 30.3 Å². The van der Waals surface area contributed by atoms with Gasteiger partial charge in [0.1, 0.15) is 0 Å². The van der Waals surface area contributed by atoms with Crippen molar-refractivity contribution in [2.45, 2.75) is 24.6 Å². The summed E-state index contributed by atoms with van der Waals surface area (Å²) in [5.74, 6) is 1.05. The topological polar surface area (TPSA) is 20.3 Å². The molecule has 0 radical (unpaired) electrons. The number of carbonyl (C=O) groups excluding carboxylic acids is 1. The third kappa shape index (κ3) is 4.58. The van der Waals surface area contributed by atoms with Crippen LogP contribution in [0.5, 0.6) is 0 Å². The van der Waals surface area contributed by atoms with Crippen molar-refractivity contribution in [3.63, 3.8) is 0 Å². The highest BCUT2D eigenvalue weighted by Crippen LogP contribution is 2.13. The molecular weight excluding hydrogens is 262 g/mol. The Balaban J connectivity index is 2.56. The van der Waals surface area contributed by atoms with E-state index >= 15 is 0 Å². The number of carbonyl (C=O) groups is 1. The van der Waals surface area contributed by atoms with Gasteiger partial charge in [-0.05, 0) is 25.2 Å². The lowest BCUT2D eigenvalue weighted by Gasteiger charge is -2.27. The number of amides is 1. The van der Waals surface area contributed by atoms with Crippen molar-refractivity contribution in [1.29, 1.82) is 0 Å². The van der Waals surface area contributed by atoms with Crippen LogP contribution >= 0.6 is 24.4 Å². The molecule has 2 nitrogen and oxygen atoms in total. The number of thioether (sulfide) groups is 1. The van der Waals surface area contributed by atoms with Crippen molar-refractivity contribution in [1.82, 2.24) is 4.90 Å². The van der Waals surface area contributed by atoms with E-state index in [2.05, 4.69) is 25.8 Å². The van der Waals surface area contributed by atoms with Gasteiger partial charge < -0.3 is 4.90 Å². The summed E-state index contributed by atoms with van der Waals surface area (Å²) in [7, 11) is 1.86. The predicted molar refractivity (Wildman–Crippen MR) is 83.5 cm³/mol. The van der Waals surface area contributed by atoms with Crippen molar-refractivity contribution in [3.8, 4) is 0 Å². The molecule has 0 saturated heterocycles.